The standard InChI is InChI=1S/C16H19NO/c1-17-16(11-13-7-4-3-5-8-13)14-9-6-10-15(12-14)18-2/h3-10,12,16-17H,11H2,1-2H3/t16-/m1/s1. The number of methoxy groups -OCH3 is 1. The zero-order chi connectivity index (χ0) is 12.8. The Hall–Kier alpha value is -1.80. The summed E-state index contributed by atoms with van der Waals surface area (Å²) < 4.78 is 5.27. The molecule has 0 bridgehead atoms. The molecule has 0 fully saturated rings. The maximum absolute atomic E-state index is 5.27. The van der Waals surface area contributed by atoms with Gasteiger partial charge in [-0.3, -0.25) is 0 Å². The smallest absolute Gasteiger partial charge is 0.119 e. The van der Waals surface area contributed by atoms with Gasteiger partial charge >= 0.3 is 0 Å². The summed E-state index contributed by atoms with van der Waals surface area (Å²) in [4.78, 5) is 0. The summed E-state index contributed by atoms with van der Waals surface area (Å²) in [5.74, 6) is 0.904. The molecule has 94 valence electrons. The molecule has 2 aromatic rings. The molecule has 0 saturated carbocycles. The molecule has 18 heavy (non-hydrogen) atoms. The van der Waals surface area contributed by atoms with E-state index in [9.17, 15) is 0 Å². The molecule has 1 atom stereocenters. The molecule has 0 aliphatic carbocycles. The lowest BCUT2D eigenvalue weighted by molar-refractivity contribution is 0.413. The van der Waals surface area contributed by atoms with E-state index in [1.165, 1.54) is 11.1 Å². The Labute approximate surface area is 109 Å². The van der Waals surface area contributed by atoms with Crippen molar-refractivity contribution >= 4 is 0 Å². The fourth-order valence-electron chi connectivity index (χ4n) is 2.09. The fourth-order valence-corrected chi connectivity index (χ4v) is 2.09. The van der Waals surface area contributed by atoms with Crippen LogP contribution in [0, 0.1) is 0 Å². The lowest BCUT2D eigenvalue weighted by atomic mass is 9.99. The van der Waals surface area contributed by atoms with Gasteiger partial charge in [-0.2, -0.15) is 0 Å². The minimum atomic E-state index is 0.308. The molecular formula is C16H19NO. The van der Waals surface area contributed by atoms with Crippen molar-refractivity contribution in [2.75, 3.05) is 14.2 Å². The van der Waals surface area contributed by atoms with Crippen molar-refractivity contribution in [1.82, 2.24) is 5.32 Å². The number of hydrogen-bond acceptors (Lipinski definition) is 2. The van der Waals surface area contributed by atoms with Gasteiger partial charge in [0, 0.05) is 6.04 Å². The van der Waals surface area contributed by atoms with Crippen LogP contribution in [-0.2, 0) is 6.42 Å². The largest absolute Gasteiger partial charge is 0.497 e. The molecule has 2 aromatic carbocycles. The van der Waals surface area contributed by atoms with E-state index in [4.69, 9.17) is 4.74 Å². The number of hydrogen-bond donors (Lipinski definition) is 1. The SMILES string of the molecule is CN[C@H](Cc1ccccc1)c1cccc(OC)c1. The van der Waals surface area contributed by atoms with Crippen molar-refractivity contribution in [2.45, 2.75) is 12.5 Å². The first kappa shape index (κ1) is 12.7. The molecule has 2 rings (SSSR count). The number of benzene rings is 2. The first-order chi connectivity index (χ1) is 8.83. The second-order valence-electron chi connectivity index (χ2n) is 4.31. The molecule has 0 aromatic heterocycles. The summed E-state index contributed by atoms with van der Waals surface area (Å²) in [5.41, 5.74) is 2.58. The summed E-state index contributed by atoms with van der Waals surface area (Å²) in [6, 6.07) is 19.0. The quantitative estimate of drug-likeness (QED) is 0.868. The van der Waals surface area contributed by atoms with Gasteiger partial charge < -0.3 is 10.1 Å². The highest BCUT2D eigenvalue weighted by molar-refractivity contribution is 5.31. The number of rotatable bonds is 5. The summed E-state index contributed by atoms with van der Waals surface area (Å²) >= 11 is 0. The third kappa shape index (κ3) is 3.11. The van der Waals surface area contributed by atoms with Gasteiger partial charge in [0.15, 0.2) is 0 Å². The van der Waals surface area contributed by atoms with E-state index in [0.717, 1.165) is 12.2 Å². The van der Waals surface area contributed by atoms with Gasteiger partial charge in [0.05, 0.1) is 7.11 Å². The molecule has 2 nitrogen and oxygen atoms in total. The summed E-state index contributed by atoms with van der Waals surface area (Å²) in [5, 5.41) is 3.36. The predicted octanol–water partition coefficient (Wildman–Crippen LogP) is 3.20. The average Bonchev–Trinajstić information content (AvgIpc) is 2.46. The second kappa shape index (κ2) is 6.22. The van der Waals surface area contributed by atoms with E-state index in [-0.39, 0.29) is 0 Å². The minimum absolute atomic E-state index is 0.308. The Balaban J connectivity index is 2.17. The lowest BCUT2D eigenvalue weighted by Crippen LogP contribution is -2.18. The minimum Gasteiger partial charge on any atom is -0.497 e. The molecule has 0 amide bonds. The van der Waals surface area contributed by atoms with Crippen LogP contribution < -0.4 is 10.1 Å². The van der Waals surface area contributed by atoms with Crippen molar-refractivity contribution in [3.63, 3.8) is 0 Å². The molecule has 1 N–H and O–H groups in total. The molecule has 2 heteroatoms. The Morgan fingerprint density at radius 1 is 1.06 bits per heavy atom. The topological polar surface area (TPSA) is 21.3 Å². The van der Waals surface area contributed by atoms with E-state index < -0.39 is 0 Å². The van der Waals surface area contributed by atoms with Crippen molar-refractivity contribution in [2.24, 2.45) is 0 Å². The molecule has 0 spiro atoms. The van der Waals surface area contributed by atoms with E-state index in [1.54, 1.807) is 7.11 Å². The first-order valence-corrected chi connectivity index (χ1v) is 6.18. The maximum Gasteiger partial charge on any atom is 0.119 e. The van der Waals surface area contributed by atoms with Gasteiger partial charge in [0.2, 0.25) is 0 Å². The zero-order valence-electron chi connectivity index (χ0n) is 10.9. The summed E-state index contributed by atoms with van der Waals surface area (Å²) in [6.45, 7) is 0. The van der Waals surface area contributed by atoms with Crippen LogP contribution in [0.5, 0.6) is 5.75 Å². The number of likely N-dealkylation sites (N-methyl/N-ethyl adjacent to an activating group) is 1. The normalized spacial score (nSPS) is 12.1. The van der Waals surface area contributed by atoms with Crippen LogP contribution in [0.1, 0.15) is 17.2 Å². The Bertz CT molecular complexity index is 481. The van der Waals surface area contributed by atoms with E-state index in [2.05, 4.69) is 41.7 Å². The van der Waals surface area contributed by atoms with Crippen LogP contribution in [0.15, 0.2) is 54.6 Å². The van der Waals surface area contributed by atoms with Crippen LogP contribution >= 0.6 is 0 Å². The predicted molar refractivity (Wildman–Crippen MR) is 74.9 cm³/mol. The van der Waals surface area contributed by atoms with Gasteiger partial charge in [-0.1, -0.05) is 42.5 Å². The molecular weight excluding hydrogens is 222 g/mol. The van der Waals surface area contributed by atoms with Crippen LogP contribution in [0.25, 0.3) is 0 Å². The highest BCUT2D eigenvalue weighted by atomic mass is 16.5. The average molecular weight is 241 g/mol. The first-order valence-electron chi connectivity index (χ1n) is 6.18. The summed E-state index contributed by atoms with van der Waals surface area (Å²) in [6.07, 6.45) is 0.977. The third-order valence-electron chi connectivity index (χ3n) is 3.13. The van der Waals surface area contributed by atoms with Crippen LogP contribution in [0.4, 0.5) is 0 Å². The van der Waals surface area contributed by atoms with Crippen LogP contribution in [-0.4, -0.2) is 14.2 Å². The van der Waals surface area contributed by atoms with Gasteiger partial charge in [0.1, 0.15) is 5.75 Å². The van der Waals surface area contributed by atoms with Crippen molar-refractivity contribution in [1.29, 1.82) is 0 Å². The van der Waals surface area contributed by atoms with Crippen molar-refractivity contribution in [3.8, 4) is 5.75 Å². The van der Waals surface area contributed by atoms with E-state index in [0.29, 0.717) is 6.04 Å². The van der Waals surface area contributed by atoms with Gasteiger partial charge in [0.25, 0.3) is 0 Å². The van der Waals surface area contributed by atoms with Crippen molar-refractivity contribution in [3.05, 3.63) is 65.7 Å². The highest BCUT2D eigenvalue weighted by Gasteiger charge is 2.10. The van der Waals surface area contributed by atoms with Crippen molar-refractivity contribution < 1.29 is 4.74 Å². The monoisotopic (exact) mass is 241 g/mol. The van der Waals surface area contributed by atoms with Crippen LogP contribution in [0.2, 0.25) is 0 Å². The van der Waals surface area contributed by atoms with Gasteiger partial charge in [-0.15, -0.1) is 0 Å². The van der Waals surface area contributed by atoms with Gasteiger partial charge in [-0.05, 0) is 36.7 Å². The van der Waals surface area contributed by atoms with Crippen LogP contribution in [0.3, 0.4) is 0 Å². The molecule has 0 heterocycles. The summed E-state index contributed by atoms with van der Waals surface area (Å²) in [7, 11) is 3.69. The molecule has 0 unspecified atom stereocenters. The Kier molecular flexibility index (Phi) is 4.37. The molecule has 0 aliphatic heterocycles. The van der Waals surface area contributed by atoms with E-state index >= 15 is 0 Å². The highest BCUT2D eigenvalue weighted by Crippen LogP contribution is 2.22. The fraction of sp³-hybridized carbons (Fsp3) is 0.250. The lowest BCUT2D eigenvalue weighted by Gasteiger charge is -2.17. The Morgan fingerprint density at radius 2 is 1.83 bits per heavy atom. The zero-order valence-corrected chi connectivity index (χ0v) is 10.9. The molecule has 0 saturated heterocycles. The third-order valence-corrected chi connectivity index (χ3v) is 3.13. The second-order valence-corrected chi connectivity index (χ2v) is 4.31. The molecule has 0 radical (unpaired) electrons. The van der Waals surface area contributed by atoms with Gasteiger partial charge in [-0.25, -0.2) is 0 Å². The number of nitrogens with one attached hydrogen (secondary N) is 1. The maximum atomic E-state index is 5.27. The molecule has 0 aliphatic rings. The number of ether oxygens (including phenoxy) is 1. The van der Waals surface area contributed by atoms with E-state index in [1.807, 2.05) is 25.2 Å². The Morgan fingerprint density at radius 3 is 2.50 bits per heavy atom.